The van der Waals surface area contributed by atoms with Crippen LogP contribution in [-0.2, 0) is 0 Å². The van der Waals surface area contributed by atoms with Gasteiger partial charge < -0.3 is 10.6 Å². The molecule has 0 radical (unpaired) electrons. The summed E-state index contributed by atoms with van der Waals surface area (Å²) in [6, 6.07) is 11.8. The summed E-state index contributed by atoms with van der Waals surface area (Å²) < 4.78 is 0. The molecule has 0 fully saturated rings. The van der Waals surface area contributed by atoms with E-state index < -0.39 is 10.8 Å². The van der Waals surface area contributed by atoms with Crippen LogP contribution in [0, 0.1) is 10.1 Å². The Balaban J connectivity index is 2.22. The topological polar surface area (TPSA) is 101 Å². The van der Waals surface area contributed by atoms with Crippen molar-refractivity contribution < 1.29 is 14.5 Å². The van der Waals surface area contributed by atoms with Gasteiger partial charge >= 0.3 is 0 Å². The maximum atomic E-state index is 12.1. The second-order valence-corrected chi connectivity index (χ2v) is 4.38. The molecule has 0 aliphatic heterocycles. The molecule has 0 unspecified atom stereocenters. The zero-order valence-corrected chi connectivity index (χ0v) is 11.7. The van der Waals surface area contributed by atoms with Gasteiger partial charge in [0.05, 0.1) is 16.2 Å². The van der Waals surface area contributed by atoms with Crippen molar-refractivity contribution in [2.24, 2.45) is 0 Å². The van der Waals surface area contributed by atoms with E-state index in [-0.39, 0.29) is 17.2 Å². The molecule has 0 atom stereocenters. The number of nitro benzene ring substituents is 1. The Morgan fingerprint density at radius 3 is 2.23 bits per heavy atom. The Bertz CT molecular complexity index is 726. The predicted octanol–water partition coefficient (Wildman–Crippen LogP) is 2.21. The fraction of sp³-hybridized carbons (Fsp3) is 0.0667. The third-order valence-corrected chi connectivity index (χ3v) is 2.99. The number of benzene rings is 2. The second-order valence-electron chi connectivity index (χ2n) is 4.38. The fourth-order valence-electron chi connectivity index (χ4n) is 1.85. The van der Waals surface area contributed by atoms with Crippen LogP contribution in [0.15, 0.2) is 48.5 Å². The van der Waals surface area contributed by atoms with Crippen LogP contribution in [0.25, 0.3) is 0 Å². The van der Waals surface area contributed by atoms with Crippen LogP contribution in [0.2, 0.25) is 0 Å². The first-order chi connectivity index (χ1) is 10.5. The zero-order valence-electron chi connectivity index (χ0n) is 11.7. The van der Waals surface area contributed by atoms with Crippen molar-refractivity contribution in [1.29, 1.82) is 0 Å². The Labute approximate surface area is 126 Å². The number of non-ortho nitro benzene ring substituents is 1. The first-order valence-electron chi connectivity index (χ1n) is 6.40. The van der Waals surface area contributed by atoms with E-state index in [0.29, 0.717) is 11.3 Å². The minimum absolute atomic E-state index is 0.0951. The highest BCUT2D eigenvalue weighted by atomic mass is 16.6. The van der Waals surface area contributed by atoms with Gasteiger partial charge in [-0.1, -0.05) is 12.1 Å². The van der Waals surface area contributed by atoms with Gasteiger partial charge in [-0.25, -0.2) is 0 Å². The number of amides is 2. The number of nitrogens with one attached hydrogen (secondary N) is 2. The molecule has 7 heteroatoms. The quantitative estimate of drug-likeness (QED) is 0.667. The molecule has 0 heterocycles. The van der Waals surface area contributed by atoms with Gasteiger partial charge in [0.1, 0.15) is 0 Å². The number of rotatable bonds is 4. The standard InChI is InChI=1S/C15H13N3O4/c1-16-15(20)12-4-2-3-5-13(12)17-14(19)10-6-8-11(9-7-10)18(21)22/h2-9H,1H3,(H,16,20)(H,17,19). The smallest absolute Gasteiger partial charge is 0.269 e. The van der Waals surface area contributed by atoms with Crippen molar-refractivity contribution in [2.75, 3.05) is 12.4 Å². The highest BCUT2D eigenvalue weighted by molar-refractivity contribution is 6.09. The van der Waals surface area contributed by atoms with Gasteiger partial charge in [0.2, 0.25) is 0 Å². The molecular weight excluding hydrogens is 286 g/mol. The lowest BCUT2D eigenvalue weighted by molar-refractivity contribution is -0.384. The molecule has 0 aromatic heterocycles. The molecule has 22 heavy (non-hydrogen) atoms. The molecule has 0 aliphatic rings. The van der Waals surface area contributed by atoms with Crippen LogP contribution in [0.5, 0.6) is 0 Å². The van der Waals surface area contributed by atoms with Crippen LogP contribution >= 0.6 is 0 Å². The monoisotopic (exact) mass is 299 g/mol. The first-order valence-corrected chi connectivity index (χ1v) is 6.40. The summed E-state index contributed by atoms with van der Waals surface area (Å²) >= 11 is 0. The van der Waals surface area contributed by atoms with E-state index in [1.807, 2.05) is 0 Å². The number of nitro groups is 1. The fourth-order valence-corrected chi connectivity index (χ4v) is 1.85. The molecule has 2 aromatic carbocycles. The van der Waals surface area contributed by atoms with Gasteiger partial charge in [-0.15, -0.1) is 0 Å². The normalized spacial score (nSPS) is 9.86. The lowest BCUT2D eigenvalue weighted by Crippen LogP contribution is -2.21. The molecule has 112 valence electrons. The van der Waals surface area contributed by atoms with E-state index in [9.17, 15) is 19.7 Å². The van der Waals surface area contributed by atoms with Crippen LogP contribution < -0.4 is 10.6 Å². The van der Waals surface area contributed by atoms with Gasteiger partial charge in [0.15, 0.2) is 0 Å². The highest BCUT2D eigenvalue weighted by Gasteiger charge is 2.14. The van der Waals surface area contributed by atoms with Crippen molar-refractivity contribution in [3.63, 3.8) is 0 Å². The van der Waals surface area contributed by atoms with Crippen molar-refractivity contribution in [1.82, 2.24) is 5.32 Å². The first kappa shape index (κ1) is 15.2. The Morgan fingerprint density at radius 2 is 1.64 bits per heavy atom. The molecule has 0 bridgehead atoms. The van der Waals surface area contributed by atoms with Crippen molar-refractivity contribution in [3.8, 4) is 0 Å². The van der Waals surface area contributed by atoms with E-state index in [0.717, 1.165) is 0 Å². The number of hydrogen-bond acceptors (Lipinski definition) is 4. The van der Waals surface area contributed by atoms with Crippen LogP contribution in [0.1, 0.15) is 20.7 Å². The summed E-state index contributed by atoms with van der Waals surface area (Å²) in [6.07, 6.45) is 0. The minimum atomic E-state index is -0.539. The summed E-state index contributed by atoms with van der Waals surface area (Å²) in [5.41, 5.74) is 0.866. The van der Waals surface area contributed by atoms with Gasteiger partial charge in [-0.05, 0) is 24.3 Å². The van der Waals surface area contributed by atoms with Gasteiger partial charge in [-0.2, -0.15) is 0 Å². The van der Waals surface area contributed by atoms with Crippen molar-refractivity contribution in [3.05, 3.63) is 69.8 Å². The largest absolute Gasteiger partial charge is 0.355 e. The van der Waals surface area contributed by atoms with E-state index in [2.05, 4.69) is 10.6 Å². The summed E-state index contributed by atoms with van der Waals surface area (Å²) in [7, 11) is 1.50. The number of carbonyl (C=O) groups excluding carboxylic acids is 2. The molecule has 2 N–H and O–H groups in total. The number of para-hydroxylation sites is 1. The van der Waals surface area contributed by atoms with Gasteiger partial charge in [0, 0.05) is 24.7 Å². The molecule has 2 aromatic rings. The summed E-state index contributed by atoms with van der Waals surface area (Å²) in [4.78, 5) is 33.9. The molecule has 7 nitrogen and oxygen atoms in total. The van der Waals surface area contributed by atoms with E-state index >= 15 is 0 Å². The van der Waals surface area contributed by atoms with E-state index in [1.54, 1.807) is 24.3 Å². The third kappa shape index (κ3) is 3.26. The van der Waals surface area contributed by atoms with Crippen LogP contribution in [0.3, 0.4) is 0 Å². The van der Waals surface area contributed by atoms with E-state index in [1.165, 1.54) is 31.3 Å². The Morgan fingerprint density at radius 1 is 1.00 bits per heavy atom. The van der Waals surface area contributed by atoms with E-state index in [4.69, 9.17) is 0 Å². The molecule has 0 spiro atoms. The van der Waals surface area contributed by atoms with Crippen molar-refractivity contribution >= 4 is 23.2 Å². The number of carbonyl (C=O) groups is 2. The molecule has 0 saturated carbocycles. The predicted molar refractivity (Wildman–Crippen MR) is 80.9 cm³/mol. The minimum Gasteiger partial charge on any atom is -0.355 e. The van der Waals surface area contributed by atoms with Crippen LogP contribution in [-0.4, -0.2) is 23.8 Å². The third-order valence-electron chi connectivity index (χ3n) is 2.99. The molecule has 2 amide bonds. The maximum Gasteiger partial charge on any atom is 0.269 e. The number of hydrogen-bond donors (Lipinski definition) is 2. The van der Waals surface area contributed by atoms with Gasteiger partial charge in [0.25, 0.3) is 17.5 Å². The number of nitrogens with zero attached hydrogens (tertiary/aromatic N) is 1. The molecule has 0 aliphatic carbocycles. The number of anilines is 1. The second kappa shape index (κ2) is 6.49. The lowest BCUT2D eigenvalue weighted by atomic mass is 10.1. The Kier molecular flexibility index (Phi) is 4.47. The average Bonchev–Trinajstić information content (AvgIpc) is 2.54. The Hall–Kier alpha value is -3.22. The average molecular weight is 299 g/mol. The highest BCUT2D eigenvalue weighted by Crippen LogP contribution is 2.17. The molecule has 0 saturated heterocycles. The maximum absolute atomic E-state index is 12.1. The summed E-state index contributed by atoms with van der Waals surface area (Å²) in [5.74, 6) is -0.772. The zero-order chi connectivity index (χ0) is 16.1. The molecule has 2 rings (SSSR count). The lowest BCUT2D eigenvalue weighted by Gasteiger charge is -2.10. The summed E-state index contributed by atoms with van der Waals surface area (Å²) in [6.45, 7) is 0. The van der Waals surface area contributed by atoms with Crippen molar-refractivity contribution in [2.45, 2.75) is 0 Å². The van der Waals surface area contributed by atoms with Gasteiger partial charge in [-0.3, -0.25) is 19.7 Å². The van der Waals surface area contributed by atoms with Crippen LogP contribution in [0.4, 0.5) is 11.4 Å². The summed E-state index contributed by atoms with van der Waals surface area (Å²) in [5, 5.41) is 15.7. The SMILES string of the molecule is CNC(=O)c1ccccc1NC(=O)c1ccc([N+](=O)[O-])cc1. The molecular formula is C15H13N3O4.